The third-order valence-corrected chi connectivity index (χ3v) is 2.98. The van der Waals surface area contributed by atoms with Gasteiger partial charge in [0, 0.05) is 39.6 Å². The predicted octanol–water partition coefficient (Wildman–Crippen LogP) is 3.77. The van der Waals surface area contributed by atoms with E-state index in [1.807, 2.05) is 0 Å². The van der Waals surface area contributed by atoms with Gasteiger partial charge >= 0.3 is 0 Å². The zero-order chi connectivity index (χ0) is 15.6. The zero-order valence-corrected chi connectivity index (χ0v) is 14.0. The number of rotatable bonds is 0. The van der Waals surface area contributed by atoms with Crippen LogP contribution in [0.4, 0.5) is 0 Å². The fourth-order valence-corrected chi connectivity index (χ4v) is 1.88. The Kier molecular flexibility index (Phi) is 17.2. The summed E-state index contributed by atoms with van der Waals surface area (Å²) in [5.74, 6) is 0.167. The number of ketones is 1. The van der Waals surface area contributed by atoms with E-state index >= 15 is 0 Å². The van der Waals surface area contributed by atoms with Gasteiger partial charge in [-0.3, -0.25) is 0 Å². The van der Waals surface area contributed by atoms with E-state index in [2.05, 4.69) is 0 Å². The highest BCUT2D eigenvalue weighted by Gasteiger charge is 1.96. The van der Waals surface area contributed by atoms with Gasteiger partial charge in [0.2, 0.25) is 0 Å². The molecule has 0 unspecified atom stereocenters. The maximum Gasteiger partial charge on any atom is 0.126 e. The first-order chi connectivity index (χ1) is 10.2. The average molecular weight is 302 g/mol. The third kappa shape index (κ3) is 22.0. The summed E-state index contributed by atoms with van der Waals surface area (Å²) in [5, 5.41) is 0. The summed E-state index contributed by atoms with van der Waals surface area (Å²) in [7, 11) is 0. The Labute approximate surface area is 130 Å². The van der Waals surface area contributed by atoms with Crippen molar-refractivity contribution < 1.29 is 19.0 Å². The highest BCUT2D eigenvalue weighted by molar-refractivity contribution is 5.72. The number of carbonyl (C=O) groups excluding carboxylic acids is 1. The number of carbonyl (C=O) groups is 1. The molecule has 4 nitrogen and oxygen atoms in total. The lowest BCUT2D eigenvalue weighted by Gasteiger charge is -2.08. The maximum absolute atomic E-state index is 9.44. The predicted molar refractivity (Wildman–Crippen MR) is 85.7 cm³/mol. The van der Waals surface area contributed by atoms with Crippen molar-refractivity contribution in [3.05, 3.63) is 0 Å². The summed E-state index contributed by atoms with van der Waals surface area (Å²) < 4.78 is 15.1. The SMILES string of the molecule is C1CCOC1.C1CCOCC1.C1CCOCC1.CC(C)=O. The molecule has 126 valence electrons. The Bertz CT molecular complexity index is 160. The van der Waals surface area contributed by atoms with E-state index in [0.29, 0.717) is 0 Å². The Hall–Kier alpha value is -0.450. The van der Waals surface area contributed by atoms with Gasteiger partial charge in [0.15, 0.2) is 0 Å². The molecule has 0 aromatic rings. The molecule has 4 heteroatoms. The Morgan fingerprint density at radius 2 is 0.714 bits per heavy atom. The van der Waals surface area contributed by atoms with Crippen molar-refractivity contribution in [2.24, 2.45) is 0 Å². The zero-order valence-electron chi connectivity index (χ0n) is 14.0. The molecule has 0 radical (unpaired) electrons. The van der Waals surface area contributed by atoms with Crippen molar-refractivity contribution in [1.29, 1.82) is 0 Å². The molecule has 0 aromatic heterocycles. The number of ether oxygens (including phenoxy) is 3. The second-order valence-electron chi connectivity index (χ2n) is 5.57. The summed E-state index contributed by atoms with van der Waals surface area (Å²) in [4.78, 5) is 9.44. The minimum atomic E-state index is 0.167. The molecule has 3 fully saturated rings. The van der Waals surface area contributed by atoms with Gasteiger partial charge in [-0.05, 0) is 65.2 Å². The van der Waals surface area contributed by atoms with Crippen LogP contribution in [-0.2, 0) is 19.0 Å². The van der Waals surface area contributed by atoms with Gasteiger partial charge in [0.1, 0.15) is 5.78 Å². The highest BCUT2D eigenvalue weighted by atomic mass is 16.5. The molecule has 0 amide bonds. The molecule has 3 saturated heterocycles. The van der Waals surface area contributed by atoms with Crippen LogP contribution in [0.1, 0.15) is 65.2 Å². The Balaban J connectivity index is 0.000000258. The minimum Gasteiger partial charge on any atom is -0.381 e. The molecule has 0 saturated carbocycles. The molecule has 3 aliphatic rings. The number of hydrogen-bond acceptors (Lipinski definition) is 4. The highest BCUT2D eigenvalue weighted by Crippen LogP contribution is 2.02. The van der Waals surface area contributed by atoms with Gasteiger partial charge in [-0.2, -0.15) is 0 Å². The fraction of sp³-hybridized carbons (Fsp3) is 0.941. The van der Waals surface area contributed by atoms with E-state index in [1.54, 1.807) is 0 Å². The van der Waals surface area contributed by atoms with Gasteiger partial charge in [-0.25, -0.2) is 0 Å². The summed E-state index contributed by atoms with van der Waals surface area (Å²) >= 11 is 0. The van der Waals surface area contributed by atoms with Crippen molar-refractivity contribution >= 4 is 5.78 Å². The topological polar surface area (TPSA) is 44.8 Å². The van der Waals surface area contributed by atoms with Gasteiger partial charge in [-0.15, -0.1) is 0 Å². The lowest BCUT2D eigenvalue weighted by Crippen LogP contribution is -2.03. The third-order valence-electron chi connectivity index (χ3n) is 2.98. The first-order valence-electron chi connectivity index (χ1n) is 8.44. The van der Waals surface area contributed by atoms with Crippen LogP contribution in [0.25, 0.3) is 0 Å². The van der Waals surface area contributed by atoms with Crippen molar-refractivity contribution in [1.82, 2.24) is 0 Å². The van der Waals surface area contributed by atoms with Crippen LogP contribution in [0.15, 0.2) is 0 Å². The van der Waals surface area contributed by atoms with Gasteiger partial charge in [-0.1, -0.05) is 0 Å². The molecule has 0 bridgehead atoms. The standard InChI is InChI=1S/2C5H10O.C4H8O.C3H6O/c2*1-2-4-6-5-3-1;1-2-4-5-3-1;1-3(2)4/h2*1-5H2;1-4H2;1-2H3. The van der Waals surface area contributed by atoms with Gasteiger partial charge in [0.25, 0.3) is 0 Å². The molecule has 3 heterocycles. The first-order valence-corrected chi connectivity index (χ1v) is 8.44. The average Bonchev–Trinajstić information content (AvgIpc) is 3.10. The minimum absolute atomic E-state index is 0.167. The van der Waals surface area contributed by atoms with Crippen LogP contribution < -0.4 is 0 Å². The normalized spacial score (nSPS) is 20.7. The second kappa shape index (κ2) is 17.6. The molecular formula is C17H34O4. The van der Waals surface area contributed by atoms with E-state index in [4.69, 9.17) is 14.2 Å². The molecule has 0 atom stereocenters. The molecule has 3 rings (SSSR count). The van der Waals surface area contributed by atoms with E-state index in [1.165, 1.54) is 65.2 Å². The Morgan fingerprint density at radius 3 is 0.810 bits per heavy atom. The summed E-state index contributed by atoms with van der Waals surface area (Å²) in [6.07, 6.45) is 10.4. The summed E-state index contributed by atoms with van der Waals surface area (Å²) in [5.41, 5.74) is 0. The monoisotopic (exact) mass is 302 g/mol. The Morgan fingerprint density at radius 1 is 0.524 bits per heavy atom. The van der Waals surface area contributed by atoms with Crippen LogP contribution in [0.5, 0.6) is 0 Å². The van der Waals surface area contributed by atoms with Gasteiger partial charge < -0.3 is 19.0 Å². The van der Waals surface area contributed by atoms with E-state index in [0.717, 1.165) is 39.6 Å². The maximum atomic E-state index is 9.44. The lowest BCUT2D eigenvalue weighted by atomic mass is 10.2. The second-order valence-corrected chi connectivity index (χ2v) is 5.57. The molecule has 0 spiro atoms. The quantitative estimate of drug-likeness (QED) is 0.683. The van der Waals surface area contributed by atoms with E-state index < -0.39 is 0 Å². The molecule has 0 N–H and O–H groups in total. The van der Waals surface area contributed by atoms with Crippen LogP contribution in [-0.4, -0.2) is 45.4 Å². The number of hydrogen-bond donors (Lipinski definition) is 0. The van der Waals surface area contributed by atoms with E-state index in [9.17, 15) is 4.79 Å². The van der Waals surface area contributed by atoms with E-state index in [-0.39, 0.29) is 5.78 Å². The van der Waals surface area contributed by atoms with Gasteiger partial charge in [0.05, 0.1) is 0 Å². The largest absolute Gasteiger partial charge is 0.381 e. The molecule has 0 aromatic carbocycles. The molecule has 3 aliphatic heterocycles. The fourth-order valence-electron chi connectivity index (χ4n) is 1.88. The molecular weight excluding hydrogens is 268 g/mol. The van der Waals surface area contributed by atoms with Crippen molar-refractivity contribution in [3.63, 3.8) is 0 Å². The summed E-state index contributed by atoms with van der Waals surface area (Å²) in [6, 6.07) is 0. The van der Waals surface area contributed by atoms with Crippen LogP contribution >= 0.6 is 0 Å². The lowest BCUT2D eigenvalue weighted by molar-refractivity contribution is -0.114. The van der Waals surface area contributed by atoms with Crippen molar-refractivity contribution in [2.75, 3.05) is 39.6 Å². The summed E-state index contributed by atoms with van der Waals surface area (Å²) in [6.45, 7) is 9.06. The molecule has 21 heavy (non-hydrogen) atoms. The molecule has 0 aliphatic carbocycles. The first kappa shape index (κ1) is 20.6. The van der Waals surface area contributed by atoms with Crippen LogP contribution in [0.3, 0.4) is 0 Å². The van der Waals surface area contributed by atoms with Crippen LogP contribution in [0, 0.1) is 0 Å². The van der Waals surface area contributed by atoms with Crippen LogP contribution in [0.2, 0.25) is 0 Å². The number of Topliss-reactive ketones (excluding diaryl/α,β-unsaturated/α-hetero) is 1. The van der Waals surface area contributed by atoms with Crippen molar-refractivity contribution in [2.45, 2.75) is 65.2 Å². The van der Waals surface area contributed by atoms with Crippen molar-refractivity contribution in [3.8, 4) is 0 Å². The smallest absolute Gasteiger partial charge is 0.126 e.